The van der Waals surface area contributed by atoms with Gasteiger partial charge in [0, 0.05) is 6.04 Å². The van der Waals surface area contributed by atoms with Crippen LogP contribution in [0.1, 0.15) is 43.7 Å². The van der Waals surface area contributed by atoms with Crippen LogP contribution in [0.3, 0.4) is 0 Å². The largest absolute Gasteiger partial charge is 0.317 e. The summed E-state index contributed by atoms with van der Waals surface area (Å²) in [7, 11) is 0. The van der Waals surface area contributed by atoms with Crippen LogP contribution >= 0.6 is 0 Å². The highest BCUT2D eigenvalue weighted by atomic mass is 15.0. The Kier molecular flexibility index (Phi) is 6.38. The van der Waals surface area contributed by atoms with E-state index in [2.05, 4.69) is 41.8 Å². The number of rotatable bonds is 7. The quantitative estimate of drug-likeness (QED) is 0.787. The molecule has 2 rings (SSSR count). The number of aryl methyl sites for hydroxylation is 1. The first kappa shape index (κ1) is 14.5. The van der Waals surface area contributed by atoms with Gasteiger partial charge in [-0.3, -0.25) is 0 Å². The number of hydrogen-bond acceptors (Lipinski definition) is 2. The maximum atomic E-state index is 3.69. The zero-order valence-electron chi connectivity index (χ0n) is 12.3. The topological polar surface area (TPSA) is 24.1 Å². The molecule has 1 aromatic carbocycles. The fraction of sp³-hybridized carbons (Fsp3) is 0.647. The van der Waals surface area contributed by atoms with Crippen molar-refractivity contribution in [3.63, 3.8) is 0 Å². The van der Waals surface area contributed by atoms with Crippen LogP contribution in [0.15, 0.2) is 24.3 Å². The Morgan fingerprint density at radius 3 is 2.63 bits per heavy atom. The van der Waals surface area contributed by atoms with Gasteiger partial charge in [-0.2, -0.15) is 0 Å². The van der Waals surface area contributed by atoms with Gasteiger partial charge in [-0.15, -0.1) is 0 Å². The summed E-state index contributed by atoms with van der Waals surface area (Å²) in [5.41, 5.74) is 2.98. The van der Waals surface area contributed by atoms with Gasteiger partial charge >= 0.3 is 0 Å². The molecule has 0 saturated carbocycles. The Bertz CT molecular complexity index is 356. The summed E-state index contributed by atoms with van der Waals surface area (Å²) in [5.74, 6) is 0. The molecule has 2 nitrogen and oxygen atoms in total. The lowest BCUT2D eigenvalue weighted by Crippen LogP contribution is -2.40. The van der Waals surface area contributed by atoms with Crippen molar-refractivity contribution in [3.05, 3.63) is 35.4 Å². The molecule has 0 atom stereocenters. The Labute approximate surface area is 118 Å². The summed E-state index contributed by atoms with van der Waals surface area (Å²) in [6.45, 7) is 5.71. The standard InChI is InChI=1S/C17H28N2/c1-2-3-5-15-6-4-7-16(14-15)8-13-19-17-9-11-18-12-10-17/h4,6-7,14,17-19H,2-3,5,8-13H2,1H3. The van der Waals surface area contributed by atoms with E-state index >= 15 is 0 Å². The van der Waals surface area contributed by atoms with Gasteiger partial charge in [0.1, 0.15) is 0 Å². The van der Waals surface area contributed by atoms with E-state index in [4.69, 9.17) is 0 Å². The summed E-state index contributed by atoms with van der Waals surface area (Å²) in [4.78, 5) is 0. The molecular weight excluding hydrogens is 232 g/mol. The highest BCUT2D eigenvalue weighted by Gasteiger charge is 2.11. The van der Waals surface area contributed by atoms with Gasteiger partial charge in [-0.05, 0) is 62.9 Å². The molecule has 2 N–H and O–H groups in total. The van der Waals surface area contributed by atoms with Crippen LogP contribution in [0.25, 0.3) is 0 Å². The summed E-state index contributed by atoms with van der Waals surface area (Å²) in [6, 6.07) is 9.85. The first-order valence-corrected chi connectivity index (χ1v) is 7.90. The molecule has 0 radical (unpaired) electrons. The number of benzene rings is 1. The maximum absolute atomic E-state index is 3.69. The fourth-order valence-corrected chi connectivity index (χ4v) is 2.77. The van der Waals surface area contributed by atoms with Crippen LogP contribution in [0.5, 0.6) is 0 Å². The molecule has 0 unspecified atom stereocenters. The van der Waals surface area contributed by atoms with Gasteiger partial charge in [-0.1, -0.05) is 37.6 Å². The fourth-order valence-electron chi connectivity index (χ4n) is 2.77. The molecule has 1 saturated heterocycles. The molecule has 0 bridgehead atoms. The van der Waals surface area contributed by atoms with E-state index in [1.807, 2.05) is 0 Å². The zero-order valence-corrected chi connectivity index (χ0v) is 12.3. The average Bonchev–Trinajstić information content (AvgIpc) is 2.47. The Morgan fingerprint density at radius 2 is 1.89 bits per heavy atom. The Morgan fingerprint density at radius 1 is 1.16 bits per heavy atom. The lowest BCUT2D eigenvalue weighted by Gasteiger charge is -2.23. The molecular formula is C17H28N2. The molecule has 1 aliphatic rings. The minimum Gasteiger partial charge on any atom is -0.317 e. The molecule has 19 heavy (non-hydrogen) atoms. The Hall–Kier alpha value is -0.860. The van der Waals surface area contributed by atoms with Crippen molar-refractivity contribution >= 4 is 0 Å². The summed E-state index contributed by atoms with van der Waals surface area (Å²) in [5, 5.41) is 7.10. The van der Waals surface area contributed by atoms with Gasteiger partial charge in [0.15, 0.2) is 0 Å². The van der Waals surface area contributed by atoms with Gasteiger partial charge < -0.3 is 10.6 Å². The molecule has 0 aromatic heterocycles. The molecule has 2 heteroatoms. The van der Waals surface area contributed by atoms with E-state index in [0.717, 1.165) is 19.0 Å². The number of unbranched alkanes of at least 4 members (excludes halogenated alkanes) is 1. The Balaban J connectivity index is 1.72. The van der Waals surface area contributed by atoms with Crippen molar-refractivity contribution in [1.82, 2.24) is 10.6 Å². The molecule has 0 spiro atoms. The second-order valence-electron chi connectivity index (χ2n) is 5.65. The van der Waals surface area contributed by atoms with Crippen LogP contribution in [0.2, 0.25) is 0 Å². The van der Waals surface area contributed by atoms with Crippen molar-refractivity contribution in [3.8, 4) is 0 Å². The van der Waals surface area contributed by atoms with E-state index in [9.17, 15) is 0 Å². The highest BCUT2D eigenvalue weighted by molar-refractivity contribution is 5.23. The van der Waals surface area contributed by atoms with E-state index < -0.39 is 0 Å². The van der Waals surface area contributed by atoms with Crippen molar-refractivity contribution in [1.29, 1.82) is 0 Å². The van der Waals surface area contributed by atoms with Crippen molar-refractivity contribution in [2.45, 2.75) is 51.5 Å². The molecule has 1 aromatic rings. The van der Waals surface area contributed by atoms with E-state index in [0.29, 0.717) is 0 Å². The lowest BCUT2D eigenvalue weighted by atomic mass is 10.0. The SMILES string of the molecule is CCCCc1cccc(CCNC2CCNCC2)c1. The van der Waals surface area contributed by atoms with Crippen LogP contribution in [0, 0.1) is 0 Å². The number of nitrogens with one attached hydrogen (secondary N) is 2. The van der Waals surface area contributed by atoms with Gasteiger partial charge in [0.25, 0.3) is 0 Å². The van der Waals surface area contributed by atoms with Crippen LogP contribution in [-0.2, 0) is 12.8 Å². The van der Waals surface area contributed by atoms with Crippen LogP contribution < -0.4 is 10.6 Å². The first-order valence-electron chi connectivity index (χ1n) is 7.90. The van der Waals surface area contributed by atoms with E-state index in [-0.39, 0.29) is 0 Å². The summed E-state index contributed by atoms with van der Waals surface area (Å²) in [6.07, 6.45) is 7.52. The van der Waals surface area contributed by atoms with Gasteiger partial charge in [-0.25, -0.2) is 0 Å². The minimum absolute atomic E-state index is 0.726. The van der Waals surface area contributed by atoms with Gasteiger partial charge in [0.05, 0.1) is 0 Å². The monoisotopic (exact) mass is 260 g/mol. The zero-order chi connectivity index (χ0) is 13.3. The predicted octanol–water partition coefficient (Wildman–Crippen LogP) is 2.91. The molecule has 1 heterocycles. The van der Waals surface area contributed by atoms with Crippen molar-refractivity contribution in [2.24, 2.45) is 0 Å². The smallest absolute Gasteiger partial charge is 0.00913 e. The third-order valence-corrected chi connectivity index (χ3v) is 4.00. The minimum atomic E-state index is 0.726. The molecule has 0 amide bonds. The normalized spacial score (nSPS) is 16.7. The van der Waals surface area contributed by atoms with E-state index in [1.54, 1.807) is 0 Å². The second-order valence-corrected chi connectivity index (χ2v) is 5.65. The molecule has 0 aliphatic carbocycles. The van der Waals surface area contributed by atoms with Crippen molar-refractivity contribution < 1.29 is 0 Å². The number of piperidine rings is 1. The average molecular weight is 260 g/mol. The molecule has 1 fully saturated rings. The molecule has 1 aliphatic heterocycles. The molecule has 106 valence electrons. The summed E-state index contributed by atoms with van der Waals surface area (Å²) < 4.78 is 0. The third kappa shape index (κ3) is 5.33. The second kappa shape index (κ2) is 8.34. The third-order valence-electron chi connectivity index (χ3n) is 4.00. The van der Waals surface area contributed by atoms with E-state index in [1.165, 1.54) is 56.3 Å². The van der Waals surface area contributed by atoms with Crippen LogP contribution in [-0.4, -0.2) is 25.7 Å². The predicted molar refractivity (Wildman–Crippen MR) is 82.7 cm³/mol. The van der Waals surface area contributed by atoms with Gasteiger partial charge in [0.2, 0.25) is 0 Å². The highest BCUT2D eigenvalue weighted by Crippen LogP contribution is 2.09. The maximum Gasteiger partial charge on any atom is 0.00913 e. The van der Waals surface area contributed by atoms with Crippen LogP contribution in [0.4, 0.5) is 0 Å². The van der Waals surface area contributed by atoms with Crippen molar-refractivity contribution in [2.75, 3.05) is 19.6 Å². The summed E-state index contributed by atoms with van der Waals surface area (Å²) >= 11 is 0. The number of hydrogen-bond donors (Lipinski definition) is 2. The first-order chi connectivity index (χ1) is 9.38. The lowest BCUT2D eigenvalue weighted by molar-refractivity contribution is 0.389.